The normalized spacial score (nSPS) is 18.8. The third kappa shape index (κ3) is 6.03. The molecule has 33 heavy (non-hydrogen) atoms. The summed E-state index contributed by atoms with van der Waals surface area (Å²) in [5, 5.41) is 20.3. The second kappa shape index (κ2) is 10.5. The van der Waals surface area contributed by atoms with Gasteiger partial charge in [-0.1, -0.05) is 39.0 Å². The summed E-state index contributed by atoms with van der Waals surface area (Å²) in [5.74, 6) is -6.93. The van der Waals surface area contributed by atoms with Gasteiger partial charge in [-0.05, 0) is 41.0 Å². The summed E-state index contributed by atoms with van der Waals surface area (Å²) in [6.07, 6.45) is 3.70. The molecule has 1 rings (SSSR count). The van der Waals surface area contributed by atoms with Gasteiger partial charge >= 0.3 is 23.9 Å². The molecule has 0 aliphatic carbocycles. The molecule has 2 atom stereocenters. The van der Waals surface area contributed by atoms with Crippen LogP contribution < -0.4 is 0 Å². The minimum Gasteiger partial charge on any atom is -0.481 e. The van der Waals surface area contributed by atoms with Gasteiger partial charge < -0.3 is 19.8 Å². The summed E-state index contributed by atoms with van der Waals surface area (Å²) in [7, 11) is 1.39. The van der Waals surface area contributed by atoms with Crippen LogP contribution in [0.15, 0.2) is 0 Å². The molecule has 0 saturated carbocycles. The van der Waals surface area contributed by atoms with E-state index in [9.17, 15) is 34.2 Å². The highest BCUT2D eigenvalue weighted by atomic mass is 16.6. The summed E-state index contributed by atoms with van der Waals surface area (Å²) in [5.41, 5.74) is -5.04. The lowest BCUT2D eigenvalue weighted by atomic mass is 9.72. The number of esters is 1. The zero-order chi connectivity index (χ0) is 25.8. The van der Waals surface area contributed by atoms with Crippen LogP contribution in [0.5, 0.6) is 0 Å². The molecule has 1 heterocycles. The maximum atomic E-state index is 13.3. The number of carboxylic acids is 2. The molecule has 1 fully saturated rings. The Balaban J connectivity index is 3.52. The first-order valence-electron chi connectivity index (χ1n) is 11.3. The smallest absolute Gasteiger partial charge is 0.327 e. The molecule has 0 spiro atoms. The monoisotopic (exact) mass is 470 g/mol. The van der Waals surface area contributed by atoms with Crippen molar-refractivity contribution in [3.05, 3.63) is 0 Å². The molecule has 2 N–H and O–H groups in total. The predicted octanol–water partition coefficient (Wildman–Crippen LogP) is 3.13. The van der Waals surface area contributed by atoms with Gasteiger partial charge in [-0.25, -0.2) is 4.79 Å². The quantitative estimate of drug-likeness (QED) is 0.192. The van der Waals surface area contributed by atoms with Gasteiger partial charge in [0.05, 0.1) is 12.5 Å². The lowest BCUT2D eigenvalue weighted by Gasteiger charge is -2.37. The third-order valence-electron chi connectivity index (χ3n) is 6.17. The number of hydrogen-bond donors (Lipinski definition) is 2. The van der Waals surface area contributed by atoms with Crippen molar-refractivity contribution in [1.82, 2.24) is 9.80 Å². The molecule has 10 nitrogen and oxygen atoms in total. The highest BCUT2D eigenvalue weighted by molar-refractivity contribution is 6.09. The van der Waals surface area contributed by atoms with Crippen LogP contribution in [0.1, 0.15) is 80.1 Å². The number of aliphatic carboxylic acids is 2. The van der Waals surface area contributed by atoms with E-state index in [1.165, 1.54) is 41.7 Å². The molecular formula is C23H38N2O8. The van der Waals surface area contributed by atoms with E-state index in [1.807, 2.05) is 6.92 Å². The largest absolute Gasteiger partial charge is 0.481 e. The molecule has 3 amide bonds. The minimum atomic E-state index is -2.66. The number of rotatable bonds is 12. The maximum absolute atomic E-state index is 13.3. The van der Waals surface area contributed by atoms with E-state index in [0.717, 1.165) is 24.2 Å². The summed E-state index contributed by atoms with van der Waals surface area (Å²) in [4.78, 5) is 65.8. The number of carbonyl (C=O) groups excluding carboxylic acids is 3. The van der Waals surface area contributed by atoms with Crippen molar-refractivity contribution in [3.63, 3.8) is 0 Å². The first kappa shape index (κ1) is 28.4. The predicted molar refractivity (Wildman–Crippen MR) is 119 cm³/mol. The summed E-state index contributed by atoms with van der Waals surface area (Å²) in [6, 6.07) is -0.800. The summed E-state index contributed by atoms with van der Waals surface area (Å²) < 4.78 is 5.35. The maximum Gasteiger partial charge on any atom is 0.327 e. The SMILES string of the molecule is CCCCCCC[C@@H](C(=O)O)C(CN1C(=O)N(C)C(C)(C)C1=O)(C(=O)O)C(=O)OC(C)(C)C. The third-order valence-corrected chi connectivity index (χ3v) is 6.17. The number of hydrogen-bond acceptors (Lipinski definition) is 6. The van der Waals surface area contributed by atoms with E-state index >= 15 is 0 Å². The average molecular weight is 471 g/mol. The van der Waals surface area contributed by atoms with Crippen LogP contribution in [0.4, 0.5) is 4.79 Å². The number of carbonyl (C=O) groups is 5. The highest BCUT2D eigenvalue weighted by Gasteiger charge is 2.62. The Morgan fingerprint density at radius 1 is 1.03 bits per heavy atom. The molecule has 0 aromatic carbocycles. The number of carboxylic acid groups (broad SMARTS) is 2. The van der Waals surface area contributed by atoms with Gasteiger partial charge in [-0.3, -0.25) is 24.1 Å². The molecule has 1 aliphatic heterocycles. The second-order valence-electron chi connectivity index (χ2n) is 10.2. The Labute approximate surface area is 195 Å². The molecule has 10 heteroatoms. The highest BCUT2D eigenvalue weighted by Crippen LogP contribution is 2.39. The average Bonchev–Trinajstić information content (AvgIpc) is 2.81. The van der Waals surface area contributed by atoms with Crippen molar-refractivity contribution in [2.24, 2.45) is 11.3 Å². The van der Waals surface area contributed by atoms with E-state index in [2.05, 4.69) is 0 Å². The topological polar surface area (TPSA) is 142 Å². The number of nitrogens with zero attached hydrogens (tertiary/aromatic N) is 2. The minimum absolute atomic E-state index is 0.111. The van der Waals surface area contributed by atoms with Gasteiger partial charge in [0.15, 0.2) is 5.41 Å². The molecule has 0 radical (unpaired) electrons. The van der Waals surface area contributed by atoms with Gasteiger partial charge in [0, 0.05) is 7.05 Å². The number of imide groups is 1. The zero-order valence-electron chi connectivity index (χ0n) is 20.8. The van der Waals surface area contributed by atoms with E-state index in [4.69, 9.17) is 4.74 Å². The molecule has 1 aliphatic rings. The lowest BCUT2D eigenvalue weighted by Crippen LogP contribution is -2.58. The van der Waals surface area contributed by atoms with Crippen LogP contribution in [-0.2, 0) is 23.9 Å². The van der Waals surface area contributed by atoms with Crippen LogP contribution in [0.2, 0.25) is 0 Å². The van der Waals surface area contributed by atoms with Gasteiger partial charge in [-0.2, -0.15) is 0 Å². The van der Waals surface area contributed by atoms with Crippen LogP contribution in [0.25, 0.3) is 0 Å². The number of likely N-dealkylation sites (N-methyl/N-ethyl adjacent to an activating group) is 1. The van der Waals surface area contributed by atoms with Crippen molar-refractivity contribution in [2.45, 2.75) is 91.2 Å². The second-order valence-corrected chi connectivity index (χ2v) is 10.2. The fourth-order valence-electron chi connectivity index (χ4n) is 3.89. The van der Waals surface area contributed by atoms with E-state index in [0.29, 0.717) is 17.7 Å². The summed E-state index contributed by atoms with van der Waals surface area (Å²) >= 11 is 0. The molecule has 0 bridgehead atoms. The molecular weight excluding hydrogens is 432 g/mol. The van der Waals surface area contributed by atoms with Crippen LogP contribution >= 0.6 is 0 Å². The fourth-order valence-corrected chi connectivity index (χ4v) is 3.89. The van der Waals surface area contributed by atoms with Crippen molar-refractivity contribution in [1.29, 1.82) is 0 Å². The number of ether oxygens (including phenoxy) is 1. The van der Waals surface area contributed by atoms with Crippen LogP contribution in [0.3, 0.4) is 0 Å². The van der Waals surface area contributed by atoms with Crippen LogP contribution in [0, 0.1) is 11.3 Å². The molecule has 1 saturated heterocycles. The number of unbranched alkanes of at least 4 members (excludes halogenated alkanes) is 4. The Hall–Kier alpha value is -2.65. The van der Waals surface area contributed by atoms with Gasteiger partial charge in [0.1, 0.15) is 11.1 Å². The molecule has 1 unspecified atom stereocenters. The number of amides is 3. The van der Waals surface area contributed by atoms with Crippen molar-refractivity contribution in [3.8, 4) is 0 Å². The Kier molecular flexibility index (Phi) is 9.05. The van der Waals surface area contributed by atoms with Crippen molar-refractivity contribution < 1.29 is 38.9 Å². The van der Waals surface area contributed by atoms with Crippen LogP contribution in [-0.4, -0.2) is 74.6 Å². The summed E-state index contributed by atoms with van der Waals surface area (Å²) in [6.45, 7) is 8.68. The van der Waals surface area contributed by atoms with Crippen molar-refractivity contribution in [2.75, 3.05) is 13.6 Å². The molecule has 0 aromatic heterocycles. The number of urea groups is 1. The first-order chi connectivity index (χ1) is 15.0. The van der Waals surface area contributed by atoms with Crippen molar-refractivity contribution >= 4 is 29.8 Å². The van der Waals surface area contributed by atoms with Gasteiger partial charge in [0.2, 0.25) is 0 Å². The van der Waals surface area contributed by atoms with Gasteiger partial charge in [-0.15, -0.1) is 0 Å². The zero-order valence-corrected chi connectivity index (χ0v) is 20.8. The fraction of sp³-hybridized carbons (Fsp3) is 0.783. The Morgan fingerprint density at radius 3 is 1.97 bits per heavy atom. The van der Waals surface area contributed by atoms with Gasteiger partial charge in [0.25, 0.3) is 5.91 Å². The van der Waals surface area contributed by atoms with E-state index in [1.54, 1.807) is 0 Å². The van der Waals surface area contributed by atoms with E-state index in [-0.39, 0.29) is 6.42 Å². The molecule has 188 valence electrons. The van der Waals surface area contributed by atoms with E-state index < -0.39 is 58.9 Å². The molecule has 0 aromatic rings. The first-order valence-corrected chi connectivity index (χ1v) is 11.3. The standard InChI is InChI=1S/C23H38N2O8/c1-8-9-10-11-12-13-15(16(26)27)23(18(29)30,19(31)33-21(2,3)4)14-25-17(28)22(5,6)24(7)20(25)32/h15H,8-14H2,1-7H3,(H,26,27)(H,29,30)/t15-,23?/m0/s1. The Morgan fingerprint density at radius 2 is 1.58 bits per heavy atom. The lowest BCUT2D eigenvalue weighted by molar-refractivity contribution is -0.187. The Bertz CT molecular complexity index is 786.